The summed E-state index contributed by atoms with van der Waals surface area (Å²) in [6, 6.07) is 0.0431. The molecule has 2 N–H and O–H groups in total. The molecule has 0 saturated carbocycles. The molecule has 4 nitrogen and oxygen atoms in total. The van der Waals surface area contributed by atoms with Crippen LogP contribution in [-0.2, 0) is 4.79 Å². The summed E-state index contributed by atoms with van der Waals surface area (Å²) >= 11 is 0. The first-order valence-corrected chi connectivity index (χ1v) is 5.89. The quantitative estimate of drug-likeness (QED) is 0.739. The number of aliphatic carboxylic acids is 1. The summed E-state index contributed by atoms with van der Waals surface area (Å²) < 4.78 is 24.2. The average molecular weight is 250 g/mol. The van der Waals surface area contributed by atoms with Crippen molar-refractivity contribution in [1.29, 1.82) is 0 Å². The molecule has 1 heterocycles. The third-order valence-corrected chi connectivity index (χ3v) is 3.05. The molecule has 17 heavy (non-hydrogen) atoms. The van der Waals surface area contributed by atoms with E-state index in [-0.39, 0.29) is 24.9 Å². The minimum Gasteiger partial charge on any atom is -0.481 e. The molecule has 6 heteroatoms. The van der Waals surface area contributed by atoms with Gasteiger partial charge in [-0.25, -0.2) is 8.78 Å². The summed E-state index contributed by atoms with van der Waals surface area (Å²) in [4.78, 5) is 12.6. The van der Waals surface area contributed by atoms with E-state index in [2.05, 4.69) is 10.2 Å². The van der Waals surface area contributed by atoms with Gasteiger partial charge in [0.25, 0.3) is 6.43 Å². The molecule has 0 aliphatic carbocycles. The molecule has 1 aliphatic rings. The van der Waals surface area contributed by atoms with Gasteiger partial charge < -0.3 is 15.3 Å². The molecule has 0 amide bonds. The second kappa shape index (κ2) is 6.86. The molecule has 1 rings (SSSR count). The van der Waals surface area contributed by atoms with Crippen molar-refractivity contribution >= 4 is 5.97 Å². The number of hydrogen-bond donors (Lipinski definition) is 2. The highest BCUT2D eigenvalue weighted by atomic mass is 19.3. The predicted molar refractivity (Wildman–Crippen MR) is 60.3 cm³/mol. The second-order valence-corrected chi connectivity index (χ2v) is 4.75. The Labute approximate surface area is 100.0 Å². The normalized spacial score (nSPS) is 26.4. The Morgan fingerprint density at radius 2 is 2.24 bits per heavy atom. The predicted octanol–water partition coefficient (Wildman–Crippen LogP) is 1.03. The zero-order valence-corrected chi connectivity index (χ0v) is 10.0. The smallest absolute Gasteiger partial charge is 0.303 e. The van der Waals surface area contributed by atoms with Crippen LogP contribution in [0.4, 0.5) is 8.78 Å². The Hall–Kier alpha value is -0.750. The molecule has 1 saturated heterocycles. The van der Waals surface area contributed by atoms with E-state index in [1.54, 1.807) is 0 Å². The lowest BCUT2D eigenvalue weighted by Gasteiger charge is -2.36. The summed E-state index contributed by atoms with van der Waals surface area (Å²) in [5.41, 5.74) is 0. The van der Waals surface area contributed by atoms with E-state index in [4.69, 9.17) is 5.11 Å². The average Bonchev–Trinajstić information content (AvgIpc) is 2.23. The van der Waals surface area contributed by atoms with Crippen molar-refractivity contribution < 1.29 is 18.7 Å². The number of likely N-dealkylation sites (tertiary alicyclic amines) is 1. The number of halogens is 2. The van der Waals surface area contributed by atoms with Crippen LogP contribution in [0.5, 0.6) is 0 Å². The highest BCUT2D eigenvalue weighted by Crippen LogP contribution is 2.20. The zero-order valence-electron chi connectivity index (χ0n) is 10.0. The maximum atomic E-state index is 12.1. The number of rotatable bonds is 6. The third-order valence-electron chi connectivity index (χ3n) is 3.05. The fourth-order valence-electron chi connectivity index (χ4n) is 2.38. The van der Waals surface area contributed by atoms with Gasteiger partial charge in [-0.05, 0) is 25.8 Å². The van der Waals surface area contributed by atoms with Crippen LogP contribution in [0, 0.1) is 5.92 Å². The fraction of sp³-hybridized carbons (Fsp3) is 0.909. The van der Waals surface area contributed by atoms with Gasteiger partial charge in [0.05, 0.1) is 6.54 Å². The van der Waals surface area contributed by atoms with Crippen LogP contribution in [0.3, 0.4) is 0 Å². The maximum absolute atomic E-state index is 12.1. The molecule has 0 spiro atoms. The van der Waals surface area contributed by atoms with Crippen LogP contribution in [0.1, 0.15) is 19.3 Å². The number of hydrogen-bond acceptors (Lipinski definition) is 3. The molecule has 0 bridgehead atoms. The van der Waals surface area contributed by atoms with E-state index < -0.39 is 12.4 Å². The Kier molecular flexibility index (Phi) is 5.77. The molecular formula is C11H20F2N2O2. The Balaban J connectivity index is 2.33. The van der Waals surface area contributed by atoms with Gasteiger partial charge in [0.1, 0.15) is 0 Å². The van der Waals surface area contributed by atoms with Crippen LogP contribution in [0.2, 0.25) is 0 Å². The number of carboxylic acid groups (broad SMARTS) is 1. The summed E-state index contributed by atoms with van der Waals surface area (Å²) in [6.07, 6.45) is -0.781. The van der Waals surface area contributed by atoms with Gasteiger partial charge in [-0.15, -0.1) is 0 Å². The van der Waals surface area contributed by atoms with Crippen molar-refractivity contribution in [3.05, 3.63) is 0 Å². The SMILES string of the molecule is CN1CC(CCC(=O)O)CC(NCC(F)F)C1. The molecule has 0 aromatic carbocycles. The largest absolute Gasteiger partial charge is 0.481 e. The molecule has 1 fully saturated rings. The number of carboxylic acids is 1. The van der Waals surface area contributed by atoms with Gasteiger partial charge >= 0.3 is 5.97 Å². The third kappa shape index (κ3) is 5.93. The molecular weight excluding hydrogens is 230 g/mol. The van der Waals surface area contributed by atoms with Crippen LogP contribution >= 0.6 is 0 Å². The Morgan fingerprint density at radius 3 is 2.82 bits per heavy atom. The molecule has 100 valence electrons. The maximum Gasteiger partial charge on any atom is 0.303 e. The van der Waals surface area contributed by atoms with Crippen molar-refractivity contribution in [2.45, 2.75) is 31.7 Å². The first kappa shape index (κ1) is 14.3. The topological polar surface area (TPSA) is 52.6 Å². The van der Waals surface area contributed by atoms with Crippen molar-refractivity contribution in [1.82, 2.24) is 10.2 Å². The van der Waals surface area contributed by atoms with E-state index in [0.717, 1.165) is 19.5 Å². The lowest BCUT2D eigenvalue weighted by molar-refractivity contribution is -0.137. The van der Waals surface area contributed by atoms with Gasteiger partial charge in [-0.1, -0.05) is 0 Å². The zero-order chi connectivity index (χ0) is 12.8. The molecule has 2 unspecified atom stereocenters. The second-order valence-electron chi connectivity index (χ2n) is 4.75. The minimum absolute atomic E-state index is 0.0431. The highest BCUT2D eigenvalue weighted by Gasteiger charge is 2.25. The Morgan fingerprint density at radius 1 is 1.53 bits per heavy atom. The van der Waals surface area contributed by atoms with E-state index in [1.807, 2.05) is 7.05 Å². The monoisotopic (exact) mass is 250 g/mol. The van der Waals surface area contributed by atoms with Gasteiger partial charge in [0.2, 0.25) is 0 Å². The van der Waals surface area contributed by atoms with Crippen LogP contribution in [0.15, 0.2) is 0 Å². The molecule has 0 aromatic rings. The minimum atomic E-state index is -2.33. The van der Waals surface area contributed by atoms with Crippen molar-refractivity contribution in [3.8, 4) is 0 Å². The van der Waals surface area contributed by atoms with Crippen LogP contribution < -0.4 is 5.32 Å². The van der Waals surface area contributed by atoms with Crippen LogP contribution in [-0.4, -0.2) is 55.1 Å². The summed E-state index contributed by atoms with van der Waals surface area (Å²) in [5, 5.41) is 11.5. The fourth-order valence-corrected chi connectivity index (χ4v) is 2.38. The number of nitrogens with one attached hydrogen (secondary N) is 1. The van der Waals surface area contributed by atoms with E-state index >= 15 is 0 Å². The molecule has 1 aliphatic heterocycles. The van der Waals surface area contributed by atoms with Crippen molar-refractivity contribution in [2.75, 3.05) is 26.7 Å². The summed E-state index contributed by atoms with van der Waals surface area (Å²) in [5.74, 6) is -0.518. The number of likely N-dealkylation sites (N-methyl/N-ethyl adjacent to an activating group) is 1. The van der Waals surface area contributed by atoms with Crippen molar-refractivity contribution in [2.24, 2.45) is 5.92 Å². The standard InChI is InChI=1S/C11H20F2N2O2/c1-15-6-8(2-3-11(16)17)4-9(7-15)14-5-10(12)13/h8-10,14H,2-7H2,1H3,(H,16,17). The first-order valence-electron chi connectivity index (χ1n) is 5.89. The highest BCUT2D eigenvalue weighted by molar-refractivity contribution is 5.66. The molecule has 0 aromatic heterocycles. The number of nitrogens with zero attached hydrogens (tertiary/aromatic N) is 1. The summed E-state index contributed by atoms with van der Waals surface area (Å²) in [7, 11) is 1.93. The first-order chi connectivity index (χ1) is 7.97. The summed E-state index contributed by atoms with van der Waals surface area (Å²) in [6.45, 7) is 1.31. The van der Waals surface area contributed by atoms with Gasteiger partial charge in [-0.2, -0.15) is 0 Å². The molecule has 0 radical (unpaired) electrons. The van der Waals surface area contributed by atoms with Gasteiger partial charge in [-0.3, -0.25) is 4.79 Å². The van der Waals surface area contributed by atoms with Gasteiger partial charge in [0, 0.05) is 25.6 Å². The Bertz CT molecular complexity index is 252. The number of alkyl halides is 2. The molecule has 2 atom stereocenters. The van der Waals surface area contributed by atoms with E-state index in [9.17, 15) is 13.6 Å². The lowest BCUT2D eigenvalue weighted by atomic mass is 9.90. The van der Waals surface area contributed by atoms with E-state index in [1.165, 1.54) is 0 Å². The van der Waals surface area contributed by atoms with E-state index in [0.29, 0.717) is 6.42 Å². The van der Waals surface area contributed by atoms with Gasteiger partial charge in [0.15, 0.2) is 0 Å². The van der Waals surface area contributed by atoms with Crippen LogP contribution in [0.25, 0.3) is 0 Å². The number of carbonyl (C=O) groups is 1. The number of piperidine rings is 1. The lowest BCUT2D eigenvalue weighted by Crippen LogP contribution is -2.48. The van der Waals surface area contributed by atoms with Crippen molar-refractivity contribution in [3.63, 3.8) is 0 Å².